The normalized spacial score (nSPS) is 14.6. The minimum atomic E-state index is -0.0691. The summed E-state index contributed by atoms with van der Waals surface area (Å²) in [6.07, 6.45) is 4.77. The average molecular weight is 394 g/mol. The van der Waals surface area contributed by atoms with Crippen LogP contribution < -0.4 is 14.8 Å². The predicted molar refractivity (Wildman–Crippen MR) is 112 cm³/mol. The third kappa shape index (κ3) is 5.38. The lowest BCUT2D eigenvalue weighted by molar-refractivity contribution is -0.126. The van der Waals surface area contributed by atoms with Crippen molar-refractivity contribution in [2.45, 2.75) is 18.9 Å². The molecule has 6 heteroatoms. The summed E-state index contributed by atoms with van der Waals surface area (Å²) in [6, 6.07) is 14.7. The number of methoxy groups -OCH3 is 2. The maximum Gasteiger partial charge on any atom is 0.251 e. The van der Waals surface area contributed by atoms with E-state index in [1.54, 1.807) is 43.4 Å². The van der Waals surface area contributed by atoms with Crippen molar-refractivity contribution in [2.75, 3.05) is 27.3 Å². The minimum Gasteiger partial charge on any atom is -0.497 e. The summed E-state index contributed by atoms with van der Waals surface area (Å²) in [6.45, 7) is 1.22. The summed E-state index contributed by atoms with van der Waals surface area (Å²) in [5, 5.41) is 3.05. The Balaban J connectivity index is 1.54. The van der Waals surface area contributed by atoms with Gasteiger partial charge in [0.15, 0.2) is 0 Å². The number of benzene rings is 2. The van der Waals surface area contributed by atoms with Gasteiger partial charge >= 0.3 is 0 Å². The molecule has 152 valence electrons. The van der Waals surface area contributed by atoms with E-state index in [9.17, 15) is 9.59 Å². The summed E-state index contributed by atoms with van der Waals surface area (Å²) in [5.74, 6) is 1.26. The highest BCUT2D eigenvalue weighted by Gasteiger charge is 2.23. The van der Waals surface area contributed by atoms with Gasteiger partial charge in [0.2, 0.25) is 5.91 Å². The number of carbonyl (C=O) groups excluding carboxylic acids is 2. The molecule has 0 atom stereocenters. The topological polar surface area (TPSA) is 67.9 Å². The van der Waals surface area contributed by atoms with Gasteiger partial charge in [0, 0.05) is 36.3 Å². The largest absolute Gasteiger partial charge is 0.497 e. The van der Waals surface area contributed by atoms with Gasteiger partial charge in [0.1, 0.15) is 11.5 Å². The van der Waals surface area contributed by atoms with E-state index in [0.29, 0.717) is 30.2 Å². The molecule has 2 aromatic rings. The number of nitrogens with one attached hydrogen (secondary N) is 1. The monoisotopic (exact) mass is 394 g/mol. The lowest BCUT2D eigenvalue weighted by Crippen LogP contribution is -2.46. The van der Waals surface area contributed by atoms with E-state index < -0.39 is 0 Å². The molecule has 6 nitrogen and oxygen atoms in total. The zero-order chi connectivity index (χ0) is 20.6. The van der Waals surface area contributed by atoms with Gasteiger partial charge in [-0.15, -0.1) is 0 Å². The summed E-state index contributed by atoms with van der Waals surface area (Å²) in [5.41, 5.74) is 1.44. The molecule has 0 unspecified atom stereocenters. The fourth-order valence-electron chi connectivity index (χ4n) is 3.34. The molecule has 0 bridgehead atoms. The van der Waals surface area contributed by atoms with Crippen molar-refractivity contribution in [1.29, 1.82) is 0 Å². The van der Waals surface area contributed by atoms with Gasteiger partial charge in [0.05, 0.1) is 14.2 Å². The molecule has 0 saturated carbocycles. The Kier molecular flexibility index (Phi) is 6.89. The third-order valence-corrected chi connectivity index (χ3v) is 5.02. The van der Waals surface area contributed by atoms with Crippen molar-refractivity contribution < 1.29 is 19.1 Å². The second-order valence-electron chi connectivity index (χ2n) is 6.88. The fourth-order valence-corrected chi connectivity index (χ4v) is 3.34. The molecule has 1 aliphatic heterocycles. The standard InChI is InChI=1S/C23H26N2O4/c1-28-20-9-10-21(29-2)18(16-20)8-11-22(26)25-14-12-19(13-15-25)24-23(27)17-6-4-3-5-7-17/h3-11,16,19H,12-15H2,1-2H3,(H,24,27). The van der Waals surface area contributed by atoms with Crippen molar-refractivity contribution in [3.05, 3.63) is 65.7 Å². The molecule has 1 aliphatic rings. The average Bonchev–Trinajstić information content (AvgIpc) is 2.78. The molecule has 3 rings (SSSR count). The van der Waals surface area contributed by atoms with Crippen LogP contribution in [0.25, 0.3) is 6.08 Å². The van der Waals surface area contributed by atoms with Crippen molar-refractivity contribution >= 4 is 17.9 Å². The van der Waals surface area contributed by atoms with Crippen LogP contribution in [0.3, 0.4) is 0 Å². The molecule has 1 heterocycles. The molecule has 29 heavy (non-hydrogen) atoms. The first kappa shape index (κ1) is 20.5. The van der Waals surface area contributed by atoms with E-state index in [1.807, 2.05) is 36.4 Å². The van der Waals surface area contributed by atoms with E-state index >= 15 is 0 Å². The fraction of sp³-hybridized carbons (Fsp3) is 0.304. The van der Waals surface area contributed by atoms with Crippen molar-refractivity contribution in [3.63, 3.8) is 0 Å². The summed E-state index contributed by atoms with van der Waals surface area (Å²) < 4.78 is 10.6. The highest BCUT2D eigenvalue weighted by molar-refractivity contribution is 5.94. The molecule has 1 saturated heterocycles. The number of piperidine rings is 1. The van der Waals surface area contributed by atoms with Crippen molar-refractivity contribution in [2.24, 2.45) is 0 Å². The lowest BCUT2D eigenvalue weighted by atomic mass is 10.0. The van der Waals surface area contributed by atoms with Gasteiger partial charge in [0.25, 0.3) is 5.91 Å². The van der Waals surface area contributed by atoms with Crippen molar-refractivity contribution in [3.8, 4) is 11.5 Å². The lowest BCUT2D eigenvalue weighted by Gasteiger charge is -2.31. The molecule has 0 radical (unpaired) electrons. The van der Waals surface area contributed by atoms with Gasteiger partial charge < -0.3 is 19.7 Å². The molecular weight excluding hydrogens is 368 g/mol. The predicted octanol–water partition coefficient (Wildman–Crippen LogP) is 3.14. The molecule has 2 amide bonds. The minimum absolute atomic E-state index is 0.0530. The van der Waals surface area contributed by atoms with Gasteiger partial charge in [-0.3, -0.25) is 9.59 Å². The van der Waals surface area contributed by atoms with Crippen LogP contribution in [0.5, 0.6) is 11.5 Å². The molecule has 2 aromatic carbocycles. The molecular formula is C23H26N2O4. The SMILES string of the molecule is COc1ccc(OC)c(C=CC(=O)N2CCC(NC(=O)c3ccccc3)CC2)c1. The Morgan fingerprint density at radius 3 is 2.41 bits per heavy atom. The van der Waals surface area contributed by atoms with E-state index in [4.69, 9.17) is 9.47 Å². The van der Waals surface area contributed by atoms with E-state index in [-0.39, 0.29) is 17.9 Å². The highest BCUT2D eigenvalue weighted by Crippen LogP contribution is 2.25. The molecule has 1 N–H and O–H groups in total. The Morgan fingerprint density at radius 1 is 1.03 bits per heavy atom. The first-order valence-electron chi connectivity index (χ1n) is 9.65. The number of hydrogen-bond donors (Lipinski definition) is 1. The Labute approximate surface area is 171 Å². The van der Waals surface area contributed by atoms with Crippen LogP contribution in [0.1, 0.15) is 28.8 Å². The van der Waals surface area contributed by atoms with Crippen LogP contribution in [0.2, 0.25) is 0 Å². The molecule has 1 fully saturated rings. The van der Waals surface area contributed by atoms with Crippen LogP contribution >= 0.6 is 0 Å². The summed E-state index contributed by atoms with van der Waals surface area (Å²) in [4.78, 5) is 26.6. The first-order chi connectivity index (χ1) is 14.1. The number of hydrogen-bond acceptors (Lipinski definition) is 4. The summed E-state index contributed by atoms with van der Waals surface area (Å²) >= 11 is 0. The molecule has 0 aromatic heterocycles. The number of nitrogens with zero attached hydrogens (tertiary/aromatic N) is 1. The van der Waals surface area contributed by atoms with Crippen LogP contribution in [0, 0.1) is 0 Å². The quantitative estimate of drug-likeness (QED) is 0.765. The number of ether oxygens (including phenoxy) is 2. The van der Waals surface area contributed by atoms with Crippen LogP contribution in [-0.4, -0.2) is 50.1 Å². The smallest absolute Gasteiger partial charge is 0.251 e. The van der Waals surface area contributed by atoms with E-state index in [2.05, 4.69) is 5.32 Å². The van der Waals surface area contributed by atoms with Gasteiger partial charge in [-0.05, 0) is 49.2 Å². The van der Waals surface area contributed by atoms with E-state index in [0.717, 1.165) is 18.4 Å². The van der Waals surface area contributed by atoms with Gasteiger partial charge in [-0.25, -0.2) is 0 Å². The van der Waals surface area contributed by atoms with Gasteiger partial charge in [-0.1, -0.05) is 18.2 Å². The number of likely N-dealkylation sites (tertiary alicyclic amines) is 1. The van der Waals surface area contributed by atoms with Crippen molar-refractivity contribution in [1.82, 2.24) is 10.2 Å². The third-order valence-electron chi connectivity index (χ3n) is 5.02. The Morgan fingerprint density at radius 2 is 1.76 bits per heavy atom. The first-order valence-corrected chi connectivity index (χ1v) is 9.65. The number of carbonyl (C=O) groups is 2. The van der Waals surface area contributed by atoms with Crippen LogP contribution in [-0.2, 0) is 4.79 Å². The number of amides is 2. The second kappa shape index (κ2) is 9.78. The molecule has 0 spiro atoms. The maximum absolute atomic E-state index is 12.6. The summed E-state index contributed by atoms with van der Waals surface area (Å²) in [7, 11) is 3.19. The zero-order valence-electron chi connectivity index (χ0n) is 16.8. The molecule has 0 aliphatic carbocycles. The second-order valence-corrected chi connectivity index (χ2v) is 6.88. The number of rotatable bonds is 6. The maximum atomic E-state index is 12.6. The van der Waals surface area contributed by atoms with Gasteiger partial charge in [-0.2, -0.15) is 0 Å². The zero-order valence-corrected chi connectivity index (χ0v) is 16.8. The van der Waals surface area contributed by atoms with E-state index in [1.165, 1.54) is 0 Å². The Bertz CT molecular complexity index is 872. The van der Waals surface area contributed by atoms with Crippen LogP contribution in [0.4, 0.5) is 0 Å². The highest BCUT2D eigenvalue weighted by atomic mass is 16.5. The van der Waals surface area contributed by atoms with Crippen LogP contribution in [0.15, 0.2) is 54.6 Å². The Hall–Kier alpha value is -3.28.